The molecule has 2 rings (SSSR count). The van der Waals surface area contributed by atoms with Gasteiger partial charge < -0.3 is 10.0 Å². The van der Waals surface area contributed by atoms with Crippen molar-refractivity contribution >= 4 is 17.2 Å². The number of likely N-dealkylation sites (tertiary alicyclic amines) is 1. The number of nitrogens with zero attached hydrogens (tertiary/aromatic N) is 2. The summed E-state index contributed by atoms with van der Waals surface area (Å²) in [7, 11) is 0. The molecule has 2 heterocycles. The maximum absolute atomic E-state index is 12.4. The van der Waals surface area contributed by atoms with E-state index in [1.807, 2.05) is 4.90 Å². The zero-order valence-corrected chi connectivity index (χ0v) is 12.7. The lowest BCUT2D eigenvalue weighted by Crippen LogP contribution is -2.40. The summed E-state index contributed by atoms with van der Waals surface area (Å²) in [5.74, 6) is 0.291. The molecule has 5 heteroatoms. The summed E-state index contributed by atoms with van der Waals surface area (Å²) in [5, 5.41) is 10.2. The Labute approximate surface area is 118 Å². The SMILES string of the molecule is CC(C)(C)c1ncc(C(=O)N2CCCC(CO)C2)s1. The topological polar surface area (TPSA) is 53.4 Å². The fourth-order valence-electron chi connectivity index (χ4n) is 2.27. The van der Waals surface area contributed by atoms with Gasteiger partial charge in [0.15, 0.2) is 0 Å². The van der Waals surface area contributed by atoms with Gasteiger partial charge in [-0.15, -0.1) is 11.3 Å². The third-order valence-corrected chi connectivity index (χ3v) is 4.83. The summed E-state index contributed by atoms with van der Waals surface area (Å²) in [4.78, 5) is 19.3. The summed E-state index contributed by atoms with van der Waals surface area (Å²) >= 11 is 1.49. The molecule has 0 aliphatic carbocycles. The molecule has 1 saturated heterocycles. The summed E-state index contributed by atoms with van der Waals surface area (Å²) in [6.45, 7) is 7.92. The third-order valence-electron chi connectivity index (χ3n) is 3.42. The van der Waals surface area contributed by atoms with Gasteiger partial charge in [-0.05, 0) is 18.8 Å². The molecule has 106 valence electrons. The molecule has 1 fully saturated rings. The molecule has 1 aliphatic heterocycles. The van der Waals surface area contributed by atoms with Crippen molar-refractivity contribution in [3.63, 3.8) is 0 Å². The standard InChI is InChI=1S/C14H22N2O2S/c1-14(2,3)13-15-7-11(19-13)12(18)16-6-4-5-10(8-16)9-17/h7,10,17H,4-6,8-9H2,1-3H3. The monoisotopic (exact) mass is 282 g/mol. The van der Waals surface area contributed by atoms with Gasteiger partial charge in [0.05, 0.1) is 11.2 Å². The van der Waals surface area contributed by atoms with E-state index in [1.54, 1.807) is 6.20 Å². The fourth-order valence-corrected chi connectivity index (χ4v) is 3.22. The van der Waals surface area contributed by atoms with Crippen molar-refractivity contribution in [1.29, 1.82) is 0 Å². The van der Waals surface area contributed by atoms with E-state index in [9.17, 15) is 9.90 Å². The van der Waals surface area contributed by atoms with Crippen LogP contribution >= 0.6 is 11.3 Å². The number of piperidine rings is 1. The summed E-state index contributed by atoms with van der Waals surface area (Å²) in [5.41, 5.74) is -0.0152. The number of hydrogen-bond donors (Lipinski definition) is 1. The lowest BCUT2D eigenvalue weighted by Gasteiger charge is -2.31. The average molecular weight is 282 g/mol. The average Bonchev–Trinajstić information content (AvgIpc) is 2.87. The Bertz CT molecular complexity index is 451. The minimum Gasteiger partial charge on any atom is -0.396 e. The van der Waals surface area contributed by atoms with Crippen molar-refractivity contribution in [3.8, 4) is 0 Å². The van der Waals surface area contributed by atoms with Crippen LogP contribution in [-0.4, -0.2) is 40.6 Å². The van der Waals surface area contributed by atoms with Crippen molar-refractivity contribution in [2.24, 2.45) is 5.92 Å². The Balaban J connectivity index is 2.09. The molecular formula is C14H22N2O2S. The molecule has 19 heavy (non-hydrogen) atoms. The van der Waals surface area contributed by atoms with Crippen LogP contribution < -0.4 is 0 Å². The molecule has 0 radical (unpaired) electrons. The second-order valence-corrected chi connectivity index (χ2v) is 7.25. The minimum absolute atomic E-state index is 0.0152. The lowest BCUT2D eigenvalue weighted by atomic mass is 9.98. The molecule has 1 unspecified atom stereocenters. The van der Waals surface area contributed by atoms with E-state index in [-0.39, 0.29) is 23.8 Å². The quantitative estimate of drug-likeness (QED) is 0.905. The Kier molecular flexibility index (Phi) is 4.26. The van der Waals surface area contributed by atoms with Gasteiger partial charge in [-0.3, -0.25) is 4.79 Å². The van der Waals surface area contributed by atoms with Crippen LogP contribution in [0.4, 0.5) is 0 Å². The van der Waals surface area contributed by atoms with E-state index in [0.29, 0.717) is 11.4 Å². The number of amides is 1. The molecule has 1 atom stereocenters. The van der Waals surface area contributed by atoms with E-state index < -0.39 is 0 Å². The first kappa shape index (κ1) is 14.5. The highest BCUT2D eigenvalue weighted by molar-refractivity contribution is 7.13. The maximum Gasteiger partial charge on any atom is 0.265 e. The van der Waals surface area contributed by atoms with Crippen molar-refractivity contribution in [2.75, 3.05) is 19.7 Å². The number of thiazole rings is 1. The van der Waals surface area contributed by atoms with Gasteiger partial charge >= 0.3 is 0 Å². The Morgan fingerprint density at radius 2 is 2.32 bits per heavy atom. The molecule has 0 bridgehead atoms. The molecule has 0 saturated carbocycles. The highest BCUT2D eigenvalue weighted by atomic mass is 32.1. The molecule has 1 aromatic heterocycles. The van der Waals surface area contributed by atoms with Crippen molar-refractivity contribution in [3.05, 3.63) is 16.1 Å². The van der Waals surface area contributed by atoms with Crippen LogP contribution in [0.25, 0.3) is 0 Å². The van der Waals surface area contributed by atoms with Crippen LogP contribution in [0, 0.1) is 5.92 Å². The second-order valence-electron chi connectivity index (χ2n) is 6.22. The normalized spacial score (nSPS) is 20.6. The number of carbonyl (C=O) groups excluding carboxylic acids is 1. The predicted octanol–water partition coefficient (Wildman–Crippen LogP) is 2.29. The maximum atomic E-state index is 12.4. The molecule has 1 amide bonds. The van der Waals surface area contributed by atoms with Gasteiger partial charge in [-0.2, -0.15) is 0 Å². The molecule has 1 aliphatic rings. The molecule has 0 aromatic carbocycles. The highest BCUT2D eigenvalue weighted by Gasteiger charge is 2.26. The van der Waals surface area contributed by atoms with Crippen molar-refractivity contribution < 1.29 is 9.90 Å². The number of carbonyl (C=O) groups is 1. The summed E-state index contributed by atoms with van der Waals surface area (Å²) in [6.07, 6.45) is 3.67. The van der Waals surface area contributed by atoms with E-state index >= 15 is 0 Å². The number of aliphatic hydroxyl groups is 1. The van der Waals surface area contributed by atoms with Crippen molar-refractivity contribution in [2.45, 2.75) is 39.0 Å². The number of aromatic nitrogens is 1. The van der Waals surface area contributed by atoms with Crippen LogP contribution in [-0.2, 0) is 5.41 Å². The number of aliphatic hydroxyl groups excluding tert-OH is 1. The van der Waals surface area contributed by atoms with Gasteiger partial charge in [0.25, 0.3) is 5.91 Å². The first-order valence-corrected chi connectivity index (χ1v) is 7.60. The number of hydrogen-bond acceptors (Lipinski definition) is 4. The smallest absolute Gasteiger partial charge is 0.265 e. The van der Waals surface area contributed by atoms with Crippen LogP contribution in [0.5, 0.6) is 0 Å². The second kappa shape index (κ2) is 5.59. The first-order chi connectivity index (χ1) is 8.91. The van der Waals surface area contributed by atoms with Crippen LogP contribution in [0.2, 0.25) is 0 Å². The zero-order chi connectivity index (χ0) is 14.0. The zero-order valence-electron chi connectivity index (χ0n) is 11.8. The number of rotatable bonds is 2. The molecule has 1 aromatic rings. The first-order valence-electron chi connectivity index (χ1n) is 6.78. The van der Waals surface area contributed by atoms with Crippen LogP contribution in [0.3, 0.4) is 0 Å². The van der Waals surface area contributed by atoms with Crippen molar-refractivity contribution in [1.82, 2.24) is 9.88 Å². The Morgan fingerprint density at radius 1 is 1.58 bits per heavy atom. The highest BCUT2D eigenvalue weighted by Crippen LogP contribution is 2.28. The Hall–Kier alpha value is -0.940. The third kappa shape index (κ3) is 3.34. The largest absolute Gasteiger partial charge is 0.396 e. The molecule has 1 N–H and O–H groups in total. The van der Waals surface area contributed by atoms with E-state index in [0.717, 1.165) is 24.4 Å². The van der Waals surface area contributed by atoms with E-state index in [1.165, 1.54) is 11.3 Å². The predicted molar refractivity (Wildman–Crippen MR) is 76.5 cm³/mol. The molecule has 4 nitrogen and oxygen atoms in total. The van der Waals surface area contributed by atoms with Gasteiger partial charge in [0.2, 0.25) is 0 Å². The van der Waals surface area contributed by atoms with E-state index in [4.69, 9.17) is 0 Å². The van der Waals surface area contributed by atoms with Crippen LogP contribution in [0.15, 0.2) is 6.20 Å². The molecule has 0 spiro atoms. The van der Waals surface area contributed by atoms with Gasteiger partial charge in [-0.1, -0.05) is 20.8 Å². The van der Waals surface area contributed by atoms with Gasteiger partial charge in [-0.25, -0.2) is 4.98 Å². The fraction of sp³-hybridized carbons (Fsp3) is 0.714. The van der Waals surface area contributed by atoms with Gasteiger partial charge in [0, 0.05) is 25.1 Å². The molecular weight excluding hydrogens is 260 g/mol. The summed E-state index contributed by atoms with van der Waals surface area (Å²) in [6, 6.07) is 0. The Morgan fingerprint density at radius 3 is 2.89 bits per heavy atom. The van der Waals surface area contributed by atoms with E-state index in [2.05, 4.69) is 25.8 Å². The summed E-state index contributed by atoms with van der Waals surface area (Å²) < 4.78 is 0. The van der Waals surface area contributed by atoms with Crippen LogP contribution in [0.1, 0.15) is 48.3 Å². The lowest BCUT2D eigenvalue weighted by molar-refractivity contribution is 0.0625. The van der Waals surface area contributed by atoms with Gasteiger partial charge in [0.1, 0.15) is 4.88 Å². The minimum atomic E-state index is -0.0152.